The van der Waals surface area contributed by atoms with Crippen molar-refractivity contribution in [1.82, 2.24) is 0 Å². The number of hydrogen-bond donors (Lipinski definition) is 3. The Kier molecular flexibility index (Phi) is 10.9. The summed E-state index contributed by atoms with van der Waals surface area (Å²) >= 11 is 0. The second kappa shape index (κ2) is 11.6. The molecule has 0 aromatic carbocycles. The van der Waals surface area contributed by atoms with Gasteiger partial charge in [0.05, 0.1) is 19.2 Å². The Morgan fingerprint density at radius 2 is 1.86 bits per heavy atom. The molecule has 17 heteroatoms. The number of aliphatic hydroxyl groups is 1. The molecular formula is C12H22B2F2O11P2. The van der Waals surface area contributed by atoms with Crippen molar-refractivity contribution in [3.63, 3.8) is 0 Å². The van der Waals surface area contributed by atoms with Crippen LogP contribution in [0.4, 0.5) is 8.78 Å². The molecule has 1 heterocycles. The highest BCUT2D eigenvalue weighted by molar-refractivity contribution is 7.47. The molecule has 0 bridgehead atoms. The maximum Gasteiger partial charge on any atom is 0.472 e. The van der Waals surface area contributed by atoms with Gasteiger partial charge < -0.3 is 24.4 Å². The molecular weight excluding hydrogens is 442 g/mol. The normalized spacial score (nSPS) is 32.2. The predicted molar refractivity (Wildman–Crippen MR) is 94.8 cm³/mol. The Labute approximate surface area is 169 Å². The topological polar surface area (TPSA) is 150 Å². The fraction of sp³-hybridized carbons (Fsp3) is 1.00. The summed E-state index contributed by atoms with van der Waals surface area (Å²) < 4.78 is 79.0. The Balaban J connectivity index is 2.83. The molecule has 6 unspecified atom stereocenters. The standard InChI is InChI=1S/C12H22B2F2O11P2/c1-6(13)24-9(7(3-15)26-28(18,19)22-2)5-23-29(20,21)27-11-8(4-17)25-12(14)10(11)16/h6-12,17H,3-5H2,1-2H3,(H,18,19)(H,20,21)/t6-,7?,8?,9?,10?,11+,12-/m1/s1. The van der Waals surface area contributed by atoms with Gasteiger partial charge in [-0.3, -0.25) is 18.1 Å². The SMILES string of the molecule is [B][C@@H]1OC(CO)[C@H](OP(=O)(O)OCC(O[C@@H]([B])C)C(CF)OP(=O)(O)OC)C1F. The molecule has 0 spiro atoms. The van der Waals surface area contributed by atoms with E-state index < -0.39 is 78.1 Å². The number of halogens is 2. The number of aliphatic hydroxyl groups excluding tert-OH is 1. The van der Waals surface area contributed by atoms with Gasteiger partial charge in [0.1, 0.15) is 53.0 Å². The minimum Gasteiger partial charge on any atom is -0.394 e. The Bertz CT molecular complexity index is 604. The average molecular weight is 464 g/mol. The zero-order valence-electron chi connectivity index (χ0n) is 15.6. The average Bonchev–Trinajstić information content (AvgIpc) is 2.90. The van der Waals surface area contributed by atoms with Crippen LogP contribution < -0.4 is 0 Å². The Hall–Kier alpha value is 0.0899. The van der Waals surface area contributed by atoms with E-state index in [0.717, 1.165) is 7.11 Å². The maximum atomic E-state index is 14.0. The smallest absolute Gasteiger partial charge is 0.394 e. The molecule has 29 heavy (non-hydrogen) atoms. The second-order valence-electron chi connectivity index (χ2n) is 5.93. The lowest BCUT2D eigenvalue weighted by Crippen LogP contribution is -2.39. The summed E-state index contributed by atoms with van der Waals surface area (Å²) in [5, 5.41) is 9.13. The minimum absolute atomic E-state index is 0.754. The predicted octanol–water partition coefficient (Wildman–Crippen LogP) is -0.286. The quantitative estimate of drug-likeness (QED) is 0.244. The van der Waals surface area contributed by atoms with E-state index in [1.54, 1.807) is 0 Å². The Morgan fingerprint density at radius 1 is 1.24 bits per heavy atom. The van der Waals surface area contributed by atoms with Crippen molar-refractivity contribution in [1.29, 1.82) is 0 Å². The lowest BCUT2D eigenvalue weighted by atomic mass is 9.94. The zero-order chi connectivity index (χ0) is 22.4. The first kappa shape index (κ1) is 27.1. The van der Waals surface area contributed by atoms with Crippen LogP contribution in [0.25, 0.3) is 0 Å². The van der Waals surface area contributed by atoms with Gasteiger partial charge in [-0.05, 0) is 6.92 Å². The summed E-state index contributed by atoms with van der Waals surface area (Å²) in [6, 6.07) is -2.56. The molecule has 0 saturated carbocycles. The molecule has 0 aromatic rings. The third-order valence-corrected chi connectivity index (χ3v) is 5.60. The van der Waals surface area contributed by atoms with E-state index in [1.807, 2.05) is 0 Å². The van der Waals surface area contributed by atoms with E-state index >= 15 is 0 Å². The highest BCUT2D eigenvalue weighted by Gasteiger charge is 2.47. The fourth-order valence-electron chi connectivity index (χ4n) is 2.29. The van der Waals surface area contributed by atoms with E-state index in [2.05, 4.69) is 18.1 Å². The monoisotopic (exact) mass is 464 g/mol. The number of rotatable bonds is 13. The van der Waals surface area contributed by atoms with Gasteiger partial charge in [0.2, 0.25) is 0 Å². The summed E-state index contributed by atoms with van der Waals surface area (Å²) in [5.41, 5.74) is 0. The minimum atomic E-state index is -5.01. The summed E-state index contributed by atoms with van der Waals surface area (Å²) in [5.74, 6) is 0. The third-order valence-electron chi connectivity index (χ3n) is 3.62. The summed E-state index contributed by atoms with van der Waals surface area (Å²) in [7, 11) is 1.92. The van der Waals surface area contributed by atoms with Crippen LogP contribution in [0.5, 0.6) is 0 Å². The Morgan fingerprint density at radius 3 is 2.34 bits per heavy atom. The van der Waals surface area contributed by atoms with E-state index in [9.17, 15) is 27.7 Å². The molecule has 0 aliphatic carbocycles. The van der Waals surface area contributed by atoms with Crippen LogP contribution in [0, 0.1) is 0 Å². The van der Waals surface area contributed by atoms with Gasteiger partial charge in [-0.25, -0.2) is 17.9 Å². The summed E-state index contributed by atoms with van der Waals surface area (Å²) in [6.07, 6.45) is -8.44. The van der Waals surface area contributed by atoms with Gasteiger partial charge in [0.25, 0.3) is 0 Å². The molecule has 1 aliphatic rings. The molecule has 3 N–H and O–H groups in total. The fourth-order valence-corrected chi connectivity index (χ4v) is 3.87. The molecule has 11 nitrogen and oxygen atoms in total. The van der Waals surface area contributed by atoms with Crippen LogP contribution in [0.3, 0.4) is 0 Å². The zero-order valence-corrected chi connectivity index (χ0v) is 17.4. The van der Waals surface area contributed by atoms with Crippen molar-refractivity contribution in [2.45, 2.75) is 49.5 Å². The molecule has 1 saturated heterocycles. The van der Waals surface area contributed by atoms with Crippen molar-refractivity contribution < 1.29 is 60.4 Å². The number of phosphoric ester groups is 2. The van der Waals surface area contributed by atoms with E-state index in [0.29, 0.717) is 0 Å². The highest BCUT2D eigenvalue weighted by Crippen LogP contribution is 2.48. The highest BCUT2D eigenvalue weighted by atomic mass is 31.2. The molecule has 1 rings (SSSR count). The number of alkyl halides is 2. The molecule has 166 valence electrons. The first-order valence-electron chi connectivity index (χ1n) is 8.21. The van der Waals surface area contributed by atoms with Crippen molar-refractivity contribution >= 4 is 31.3 Å². The summed E-state index contributed by atoms with van der Waals surface area (Å²) in [4.78, 5) is 19.2. The van der Waals surface area contributed by atoms with E-state index in [4.69, 9.17) is 30.3 Å². The lowest BCUT2D eigenvalue weighted by molar-refractivity contribution is -0.0781. The molecule has 1 aliphatic heterocycles. The van der Waals surface area contributed by atoms with Gasteiger partial charge in [-0.15, -0.1) is 0 Å². The van der Waals surface area contributed by atoms with Gasteiger partial charge >= 0.3 is 15.6 Å². The van der Waals surface area contributed by atoms with E-state index in [1.165, 1.54) is 6.92 Å². The van der Waals surface area contributed by atoms with Crippen LogP contribution in [0.2, 0.25) is 0 Å². The third kappa shape index (κ3) is 8.62. The molecule has 0 aromatic heterocycles. The second-order valence-corrected chi connectivity index (χ2v) is 8.85. The van der Waals surface area contributed by atoms with E-state index in [-0.39, 0.29) is 0 Å². The summed E-state index contributed by atoms with van der Waals surface area (Å²) in [6.45, 7) is -1.72. The lowest BCUT2D eigenvalue weighted by Gasteiger charge is -2.29. The van der Waals surface area contributed by atoms with Gasteiger partial charge in [0.15, 0.2) is 0 Å². The van der Waals surface area contributed by atoms with Gasteiger partial charge in [0, 0.05) is 13.1 Å². The first-order chi connectivity index (χ1) is 13.4. The van der Waals surface area contributed by atoms with Crippen molar-refractivity contribution in [3.05, 3.63) is 0 Å². The number of hydrogen-bond acceptors (Lipinski definition) is 9. The van der Waals surface area contributed by atoms with Crippen molar-refractivity contribution in [3.8, 4) is 0 Å². The van der Waals surface area contributed by atoms with Crippen molar-refractivity contribution in [2.24, 2.45) is 0 Å². The van der Waals surface area contributed by atoms with Crippen LogP contribution in [0.15, 0.2) is 0 Å². The van der Waals surface area contributed by atoms with Crippen molar-refractivity contribution in [2.75, 3.05) is 27.0 Å². The molecule has 4 radical (unpaired) electrons. The van der Waals surface area contributed by atoms with Crippen LogP contribution in [-0.2, 0) is 36.7 Å². The van der Waals surface area contributed by atoms with Crippen LogP contribution >= 0.6 is 15.6 Å². The van der Waals surface area contributed by atoms with Gasteiger partial charge in [-0.1, -0.05) is 0 Å². The number of phosphoric acid groups is 2. The first-order valence-corrected chi connectivity index (χ1v) is 11.2. The molecule has 1 fully saturated rings. The van der Waals surface area contributed by atoms with Crippen LogP contribution in [0.1, 0.15) is 6.92 Å². The molecule has 9 atom stereocenters. The number of ether oxygens (including phenoxy) is 2. The largest absolute Gasteiger partial charge is 0.472 e. The molecule has 0 amide bonds. The van der Waals surface area contributed by atoms with Crippen LogP contribution in [-0.4, -0.2) is 100 Å². The van der Waals surface area contributed by atoms with Gasteiger partial charge in [-0.2, -0.15) is 0 Å². The maximum absolute atomic E-state index is 14.0.